The molecule has 1 aliphatic rings. The van der Waals surface area contributed by atoms with Gasteiger partial charge in [0.1, 0.15) is 5.52 Å². The van der Waals surface area contributed by atoms with Crippen LogP contribution in [0, 0.1) is 5.92 Å². The number of aromatic nitrogens is 2. The molecule has 1 fully saturated rings. The van der Waals surface area contributed by atoms with Gasteiger partial charge in [-0.15, -0.1) is 0 Å². The van der Waals surface area contributed by atoms with Crippen LogP contribution in [0.15, 0.2) is 29.0 Å². The standard InChI is InChI=1S/C15H18BrN3O/c16-11-7-14-15(19-9-11)13(5-6-17-14)18-8-10-1-3-12(20)4-2-10/h5-7,9-10,12,20H,1-4,8H2,(H,17,18). The van der Waals surface area contributed by atoms with Gasteiger partial charge < -0.3 is 10.4 Å². The molecule has 2 aromatic heterocycles. The summed E-state index contributed by atoms with van der Waals surface area (Å²) in [6.07, 6.45) is 7.55. The highest BCUT2D eigenvalue weighted by atomic mass is 79.9. The van der Waals surface area contributed by atoms with Gasteiger partial charge >= 0.3 is 0 Å². The van der Waals surface area contributed by atoms with Crippen LogP contribution in [-0.2, 0) is 0 Å². The molecule has 20 heavy (non-hydrogen) atoms. The number of nitrogens with zero attached hydrogens (tertiary/aromatic N) is 2. The lowest BCUT2D eigenvalue weighted by atomic mass is 9.87. The molecule has 0 unspecified atom stereocenters. The number of rotatable bonds is 3. The highest BCUT2D eigenvalue weighted by molar-refractivity contribution is 9.10. The van der Waals surface area contributed by atoms with Crippen LogP contribution in [0.2, 0.25) is 0 Å². The van der Waals surface area contributed by atoms with E-state index in [1.807, 2.05) is 18.3 Å². The molecule has 2 aromatic rings. The quantitative estimate of drug-likeness (QED) is 0.902. The highest BCUT2D eigenvalue weighted by Crippen LogP contribution is 2.26. The SMILES string of the molecule is OC1CCC(CNc2ccnc3cc(Br)cnc23)CC1. The predicted octanol–water partition coefficient (Wildman–Crippen LogP) is 3.36. The Hall–Kier alpha value is -1.20. The number of hydrogen-bond acceptors (Lipinski definition) is 4. The van der Waals surface area contributed by atoms with E-state index >= 15 is 0 Å². The number of anilines is 1. The molecule has 0 saturated heterocycles. The number of pyridine rings is 2. The van der Waals surface area contributed by atoms with Crippen LogP contribution in [0.3, 0.4) is 0 Å². The second-order valence-corrected chi connectivity index (χ2v) is 6.35. The van der Waals surface area contributed by atoms with Gasteiger partial charge in [0.2, 0.25) is 0 Å². The van der Waals surface area contributed by atoms with Crippen molar-refractivity contribution in [1.29, 1.82) is 0 Å². The third-order valence-corrected chi connectivity index (χ3v) is 4.38. The maximum atomic E-state index is 9.54. The molecule has 0 amide bonds. The van der Waals surface area contributed by atoms with Crippen molar-refractivity contribution in [2.45, 2.75) is 31.8 Å². The van der Waals surface area contributed by atoms with Crippen LogP contribution in [0.4, 0.5) is 5.69 Å². The van der Waals surface area contributed by atoms with Gasteiger partial charge in [-0.3, -0.25) is 9.97 Å². The van der Waals surface area contributed by atoms with Crippen molar-refractivity contribution in [2.24, 2.45) is 5.92 Å². The summed E-state index contributed by atoms with van der Waals surface area (Å²) in [5, 5.41) is 13.0. The summed E-state index contributed by atoms with van der Waals surface area (Å²) in [5.74, 6) is 0.636. The Labute approximate surface area is 126 Å². The average Bonchev–Trinajstić information content (AvgIpc) is 2.46. The first-order valence-electron chi connectivity index (χ1n) is 7.04. The lowest BCUT2D eigenvalue weighted by Gasteiger charge is -2.25. The molecule has 106 valence electrons. The largest absolute Gasteiger partial charge is 0.393 e. The summed E-state index contributed by atoms with van der Waals surface area (Å²) in [4.78, 5) is 8.79. The number of halogens is 1. The minimum atomic E-state index is -0.0907. The third kappa shape index (κ3) is 3.10. The summed E-state index contributed by atoms with van der Waals surface area (Å²) in [5.41, 5.74) is 2.84. The van der Waals surface area contributed by atoms with E-state index < -0.39 is 0 Å². The summed E-state index contributed by atoms with van der Waals surface area (Å²) in [7, 11) is 0. The maximum Gasteiger partial charge on any atom is 0.112 e. The Morgan fingerprint density at radius 1 is 1.25 bits per heavy atom. The third-order valence-electron chi connectivity index (χ3n) is 3.94. The highest BCUT2D eigenvalue weighted by Gasteiger charge is 2.19. The molecule has 0 radical (unpaired) electrons. The van der Waals surface area contributed by atoms with Gasteiger partial charge in [0.05, 0.1) is 17.3 Å². The minimum Gasteiger partial charge on any atom is -0.393 e. The van der Waals surface area contributed by atoms with E-state index in [9.17, 15) is 5.11 Å². The van der Waals surface area contributed by atoms with E-state index in [1.165, 1.54) is 0 Å². The average molecular weight is 336 g/mol. The molecule has 3 rings (SSSR count). The van der Waals surface area contributed by atoms with E-state index in [1.54, 1.807) is 6.20 Å². The van der Waals surface area contributed by atoms with Crippen LogP contribution in [0.5, 0.6) is 0 Å². The van der Waals surface area contributed by atoms with E-state index in [0.29, 0.717) is 5.92 Å². The zero-order chi connectivity index (χ0) is 13.9. The molecule has 0 aliphatic heterocycles. The topological polar surface area (TPSA) is 58.0 Å². The van der Waals surface area contributed by atoms with Gasteiger partial charge in [0.15, 0.2) is 0 Å². The van der Waals surface area contributed by atoms with Crippen molar-refractivity contribution >= 4 is 32.7 Å². The Morgan fingerprint density at radius 2 is 2.05 bits per heavy atom. The number of fused-ring (bicyclic) bond motifs is 1. The van der Waals surface area contributed by atoms with Crippen LogP contribution in [-0.4, -0.2) is 27.7 Å². The predicted molar refractivity (Wildman–Crippen MR) is 83.7 cm³/mol. The number of hydrogen-bond donors (Lipinski definition) is 2. The second-order valence-electron chi connectivity index (χ2n) is 5.44. The molecular weight excluding hydrogens is 318 g/mol. The number of nitrogens with one attached hydrogen (secondary N) is 1. The van der Waals surface area contributed by atoms with Gasteiger partial charge in [0, 0.05) is 23.4 Å². The molecule has 0 atom stereocenters. The summed E-state index contributed by atoms with van der Waals surface area (Å²) < 4.78 is 0.941. The van der Waals surface area contributed by atoms with E-state index in [2.05, 4.69) is 31.2 Å². The lowest BCUT2D eigenvalue weighted by molar-refractivity contribution is 0.111. The van der Waals surface area contributed by atoms with Gasteiger partial charge in [-0.05, 0) is 59.7 Å². The minimum absolute atomic E-state index is 0.0907. The maximum absolute atomic E-state index is 9.54. The van der Waals surface area contributed by atoms with Gasteiger partial charge in [0.25, 0.3) is 0 Å². The molecular formula is C15H18BrN3O. The molecule has 1 aliphatic carbocycles. The van der Waals surface area contributed by atoms with Gasteiger partial charge in [-0.2, -0.15) is 0 Å². The second kappa shape index (κ2) is 6.06. The molecule has 0 spiro atoms. The first kappa shape index (κ1) is 13.8. The van der Waals surface area contributed by atoms with E-state index in [-0.39, 0.29) is 6.10 Å². The smallest absolute Gasteiger partial charge is 0.112 e. The molecule has 0 bridgehead atoms. The monoisotopic (exact) mass is 335 g/mol. The fourth-order valence-corrected chi connectivity index (χ4v) is 3.07. The Balaban J connectivity index is 1.71. The van der Waals surface area contributed by atoms with Crippen molar-refractivity contribution in [3.63, 3.8) is 0 Å². The normalized spacial score (nSPS) is 22.9. The van der Waals surface area contributed by atoms with Gasteiger partial charge in [-0.25, -0.2) is 0 Å². The molecule has 2 N–H and O–H groups in total. The van der Waals surface area contributed by atoms with Crippen LogP contribution >= 0.6 is 15.9 Å². The Morgan fingerprint density at radius 3 is 2.85 bits per heavy atom. The van der Waals surface area contributed by atoms with Crippen LogP contribution < -0.4 is 5.32 Å². The van der Waals surface area contributed by atoms with Crippen LogP contribution in [0.25, 0.3) is 11.0 Å². The van der Waals surface area contributed by atoms with Crippen molar-refractivity contribution in [3.8, 4) is 0 Å². The van der Waals surface area contributed by atoms with E-state index in [0.717, 1.165) is 53.4 Å². The first-order valence-corrected chi connectivity index (χ1v) is 7.84. The Kier molecular flexibility index (Phi) is 4.17. The summed E-state index contributed by atoms with van der Waals surface area (Å²) >= 11 is 3.42. The summed E-state index contributed by atoms with van der Waals surface area (Å²) in [6, 6.07) is 3.95. The fraction of sp³-hybridized carbons (Fsp3) is 0.467. The van der Waals surface area contributed by atoms with Crippen molar-refractivity contribution in [3.05, 3.63) is 29.0 Å². The Bertz CT molecular complexity index is 597. The summed E-state index contributed by atoms with van der Waals surface area (Å²) in [6.45, 7) is 0.934. The molecule has 5 heteroatoms. The van der Waals surface area contributed by atoms with Crippen LogP contribution in [0.1, 0.15) is 25.7 Å². The first-order chi connectivity index (χ1) is 9.72. The molecule has 2 heterocycles. The number of aliphatic hydroxyl groups is 1. The van der Waals surface area contributed by atoms with Crippen molar-refractivity contribution in [1.82, 2.24) is 9.97 Å². The van der Waals surface area contributed by atoms with Crippen molar-refractivity contribution in [2.75, 3.05) is 11.9 Å². The molecule has 1 saturated carbocycles. The molecule has 0 aromatic carbocycles. The molecule has 4 nitrogen and oxygen atoms in total. The zero-order valence-electron chi connectivity index (χ0n) is 11.2. The van der Waals surface area contributed by atoms with Gasteiger partial charge in [-0.1, -0.05) is 0 Å². The van der Waals surface area contributed by atoms with E-state index in [4.69, 9.17) is 0 Å². The van der Waals surface area contributed by atoms with Crippen molar-refractivity contribution < 1.29 is 5.11 Å². The fourth-order valence-electron chi connectivity index (χ4n) is 2.75. The zero-order valence-corrected chi connectivity index (χ0v) is 12.8. The number of aliphatic hydroxyl groups excluding tert-OH is 1. The lowest BCUT2D eigenvalue weighted by Crippen LogP contribution is -2.23.